The Bertz CT molecular complexity index is 1010. The molecule has 150 valence electrons. The van der Waals surface area contributed by atoms with Crippen LogP contribution in [0.3, 0.4) is 0 Å². The molecule has 1 aromatic heterocycles. The van der Waals surface area contributed by atoms with Crippen LogP contribution in [0.25, 0.3) is 10.9 Å². The lowest BCUT2D eigenvalue weighted by atomic mass is 10.1. The summed E-state index contributed by atoms with van der Waals surface area (Å²) in [4.78, 5) is 20.7. The van der Waals surface area contributed by atoms with Gasteiger partial charge < -0.3 is 14.6 Å². The van der Waals surface area contributed by atoms with Crippen LogP contribution in [0.2, 0.25) is 0 Å². The minimum Gasteiger partial charge on any atom is -0.380 e. The molecular formula is C24H27N3O2. The highest BCUT2D eigenvalue weighted by atomic mass is 16.5. The number of carbonyl (C=O) groups excluding carboxylic acids is 1. The quantitative estimate of drug-likeness (QED) is 0.667. The van der Waals surface area contributed by atoms with Crippen LogP contribution in [0.15, 0.2) is 54.7 Å². The molecule has 2 heterocycles. The average Bonchev–Trinajstić information content (AvgIpc) is 3.38. The summed E-state index contributed by atoms with van der Waals surface area (Å²) in [6.45, 7) is 1.90. The smallest absolute Gasteiger partial charge is 0.238 e. The molecule has 5 rings (SSSR count). The van der Waals surface area contributed by atoms with Crippen molar-refractivity contribution in [1.82, 2.24) is 14.8 Å². The van der Waals surface area contributed by atoms with Crippen LogP contribution in [-0.4, -0.2) is 46.9 Å². The first kappa shape index (κ1) is 18.4. The first-order valence-electron chi connectivity index (χ1n) is 10.4. The molecule has 2 fully saturated rings. The van der Waals surface area contributed by atoms with Gasteiger partial charge in [0.05, 0.1) is 13.2 Å². The molecular weight excluding hydrogens is 362 g/mol. The summed E-state index contributed by atoms with van der Waals surface area (Å²) in [5.41, 5.74) is 4.78. The fraction of sp³-hybridized carbons (Fsp3) is 0.375. The van der Waals surface area contributed by atoms with E-state index in [1.165, 1.54) is 34.9 Å². The lowest BCUT2D eigenvalue weighted by Crippen LogP contribution is -2.34. The third-order valence-corrected chi connectivity index (χ3v) is 6.11. The Labute approximate surface area is 171 Å². The van der Waals surface area contributed by atoms with Gasteiger partial charge in [0.25, 0.3) is 0 Å². The average molecular weight is 389 g/mol. The van der Waals surface area contributed by atoms with Crippen LogP contribution < -0.4 is 0 Å². The highest BCUT2D eigenvalue weighted by Crippen LogP contribution is 2.40. The van der Waals surface area contributed by atoms with Gasteiger partial charge in [-0.25, -0.2) is 0 Å². The van der Waals surface area contributed by atoms with Crippen LogP contribution >= 0.6 is 0 Å². The van der Waals surface area contributed by atoms with Crippen molar-refractivity contribution < 1.29 is 9.53 Å². The molecule has 0 spiro atoms. The summed E-state index contributed by atoms with van der Waals surface area (Å²) < 4.78 is 5.19. The van der Waals surface area contributed by atoms with Crippen LogP contribution in [0.4, 0.5) is 0 Å². The van der Waals surface area contributed by atoms with Crippen molar-refractivity contribution in [3.63, 3.8) is 0 Å². The van der Waals surface area contributed by atoms with E-state index in [1.807, 2.05) is 6.20 Å². The van der Waals surface area contributed by atoms with Crippen LogP contribution in [0.5, 0.6) is 0 Å². The van der Waals surface area contributed by atoms with E-state index in [4.69, 9.17) is 4.74 Å². The lowest BCUT2D eigenvalue weighted by Gasteiger charge is -2.30. The number of hydrogen-bond acceptors (Lipinski definition) is 3. The topological polar surface area (TPSA) is 48.6 Å². The Morgan fingerprint density at radius 3 is 2.62 bits per heavy atom. The number of ether oxygens (including phenoxy) is 1. The maximum absolute atomic E-state index is 12.9. The molecule has 5 nitrogen and oxygen atoms in total. The summed E-state index contributed by atoms with van der Waals surface area (Å²) >= 11 is 0. The van der Waals surface area contributed by atoms with E-state index < -0.39 is 0 Å². The minimum atomic E-state index is 0.0436. The molecule has 0 bridgehead atoms. The number of hydrogen-bond donors (Lipinski definition) is 1. The summed E-state index contributed by atoms with van der Waals surface area (Å²) in [5.74, 6) is 0.243. The van der Waals surface area contributed by atoms with E-state index in [1.54, 1.807) is 7.11 Å². The number of amides is 1. The van der Waals surface area contributed by atoms with Crippen molar-refractivity contribution in [2.45, 2.75) is 38.1 Å². The molecule has 5 heteroatoms. The van der Waals surface area contributed by atoms with Gasteiger partial charge >= 0.3 is 0 Å². The van der Waals surface area contributed by atoms with E-state index in [2.05, 4.69) is 63.3 Å². The zero-order valence-corrected chi connectivity index (χ0v) is 16.8. The molecule has 2 aromatic carbocycles. The van der Waals surface area contributed by atoms with Crippen LogP contribution in [0, 0.1) is 0 Å². The van der Waals surface area contributed by atoms with Crippen molar-refractivity contribution in [1.29, 1.82) is 0 Å². The van der Waals surface area contributed by atoms with Gasteiger partial charge in [-0.1, -0.05) is 30.3 Å². The molecule has 3 aromatic rings. The number of fused-ring (bicyclic) bond motifs is 1. The number of nitrogens with one attached hydrogen (secondary N) is 1. The molecule has 29 heavy (non-hydrogen) atoms. The third-order valence-electron chi connectivity index (χ3n) is 6.11. The van der Waals surface area contributed by atoms with Crippen molar-refractivity contribution >= 4 is 16.8 Å². The van der Waals surface area contributed by atoms with E-state index >= 15 is 0 Å². The van der Waals surface area contributed by atoms with Gasteiger partial charge in [-0.15, -0.1) is 0 Å². The number of methoxy groups -OCH3 is 1. The normalized spacial score (nSPS) is 20.1. The van der Waals surface area contributed by atoms with Gasteiger partial charge in [0.1, 0.15) is 6.17 Å². The first-order chi connectivity index (χ1) is 14.2. The second-order valence-electron chi connectivity index (χ2n) is 8.19. The van der Waals surface area contributed by atoms with Crippen molar-refractivity contribution in [3.8, 4) is 0 Å². The van der Waals surface area contributed by atoms with E-state index in [9.17, 15) is 4.79 Å². The van der Waals surface area contributed by atoms with E-state index in [-0.39, 0.29) is 12.1 Å². The predicted molar refractivity (Wildman–Crippen MR) is 113 cm³/mol. The maximum atomic E-state index is 12.9. The lowest BCUT2D eigenvalue weighted by molar-refractivity contribution is -0.128. The maximum Gasteiger partial charge on any atom is 0.238 e. The van der Waals surface area contributed by atoms with Crippen molar-refractivity contribution in [2.75, 3.05) is 20.2 Å². The molecule has 1 aliphatic carbocycles. The molecule has 0 radical (unpaired) electrons. The van der Waals surface area contributed by atoms with Crippen LogP contribution in [0.1, 0.15) is 35.7 Å². The van der Waals surface area contributed by atoms with Gasteiger partial charge in [-0.2, -0.15) is 0 Å². The minimum absolute atomic E-state index is 0.0436. The fourth-order valence-corrected chi connectivity index (χ4v) is 4.45. The molecule has 1 saturated heterocycles. The highest BCUT2D eigenvalue weighted by molar-refractivity contribution is 5.83. The van der Waals surface area contributed by atoms with Gasteiger partial charge in [0.2, 0.25) is 5.91 Å². The Morgan fingerprint density at radius 1 is 1.07 bits per heavy atom. The van der Waals surface area contributed by atoms with Gasteiger partial charge in [0.15, 0.2) is 0 Å². The highest BCUT2D eigenvalue weighted by Gasteiger charge is 2.45. The Hall–Kier alpha value is -2.63. The number of benzene rings is 2. The zero-order chi connectivity index (χ0) is 19.8. The third kappa shape index (κ3) is 3.68. The number of H-pyrrole nitrogens is 1. The van der Waals surface area contributed by atoms with Crippen LogP contribution in [-0.2, 0) is 22.6 Å². The summed E-state index contributed by atoms with van der Waals surface area (Å²) in [6, 6.07) is 17.7. The van der Waals surface area contributed by atoms with Gasteiger partial charge in [0, 0.05) is 31.4 Å². The molecule has 2 aliphatic rings. The molecule has 1 unspecified atom stereocenters. The summed E-state index contributed by atoms with van der Waals surface area (Å²) in [6.07, 6.45) is 5.27. The number of rotatable bonds is 7. The van der Waals surface area contributed by atoms with Crippen molar-refractivity contribution in [3.05, 3.63) is 71.4 Å². The molecule has 1 amide bonds. The fourth-order valence-electron chi connectivity index (χ4n) is 4.45. The largest absolute Gasteiger partial charge is 0.380 e. The molecule has 1 saturated carbocycles. The SMILES string of the molecule is COCc1ccc(CCN2C(=O)CN(C3CC3)C2c2ccc3[nH]ccc3c2)cc1. The summed E-state index contributed by atoms with van der Waals surface area (Å²) in [7, 11) is 1.71. The first-order valence-corrected chi connectivity index (χ1v) is 10.4. The van der Waals surface area contributed by atoms with Gasteiger partial charge in [-0.3, -0.25) is 9.69 Å². The number of aromatic nitrogens is 1. The number of carbonyl (C=O) groups is 1. The Morgan fingerprint density at radius 2 is 1.86 bits per heavy atom. The molecule has 1 N–H and O–H groups in total. The van der Waals surface area contributed by atoms with Crippen molar-refractivity contribution in [2.24, 2.45) is 0 Å². The Balaban J connectivity index is 1.38. The second kappa shape index (κ2) is 7.65. The standard InChI is InChI=1S/C24H27N3O2/c1-29-16-18-4-2-17(3-5-18)11-13-26-23(28)15-27(21-7-8-21)24(26)20-6-9-22-19(14-20)10-12-25-22/h2-6,9-10,12,14,21,24-25H,7-8,11,13,15-16H2,1H3. The van der Waals surface area contributed by atoms with E-state index in [0.717, 1.165) is 18.5 Å². The van der Waals surface area contributed by atoms with Gasteiger partial charge in [-0.05, 0) is 59.5 Å². The molecule has 1 aliphatic heterocycles. The predicted octanol–water partition coefficient (Wildman–Crippen LogP) is 3.86. The molecule has 1 atom stereocenters. The number of aromatic amines is 1. The zero-order valence-electron chi connectivity index (χ0n) is 16.8. The Kier molecular flexibility index (Phi) is 4.86. The number of nitrogens with zero attached hydrogens (tertiary/aromatic N) is 2. The summed E-state index contributed by atoms with van der Waals surface area (Å²) in [5, 5.41) is 1.20. The second-order valence-corrected chi connectivity index (χ2v) is 8.19. The monoisotopic (exact) mass is 389 g/mol. The van der Waals surface area contributed by atoms with E-state index in [0.29, 0.717) is 19.2 Å².